The maximum absolute atomic E-state index is 15.3. The van der Waals surface area contributed by atoms with Crippen LogP contribution in [0.25, 0.3) is 10.9 Å². The van der Waals surface area contributed by atoms with Crippen LogP contribution in [0.2, 0.25) is 5.02 Å². The SMILES string of the molecule is O=C(O)Oc1cn(C2CC2)c2c(Cl)c(N3CC[C@H](N=Cc4cccc([N+](=O)[O-])c4)C3)c(F)cc2c1=O. The van der Waals surface area contributed by atoms with Crippen LogP contribution in [-0.2, 0) is 0 Å². The first-order chi connectivity index (χ1) is 17.2. The van der Waals surface area contributed by atoms with Gasteiger partial charge in [0.15, 0.2) is 5.75 Å². The summed E-state index contributed by atoms with van der Waals surface area (Å²) in [6.45, 7) is 0.828. The molecule has 0 bridgehead atoms. The minimum Gasteiger partial charge on any atom is -0.449 e. The average Bonchev–Trinajstić information content (AvgIpc) is 3.58. The maximum Gasteiger partial charge on any atom is 0.511 e. The molecule has 5 rings (SSSR count). The van der Waals surface area contributed by atoms with Gasteiger partial charge in [-0.05, 0) is 30.9 Å². The molecule has 186 valence electrons. The standard InChI is InChI=1S/C24H20ClFN4O6/c25-20-21-17(23(31)19(36-24(32)33)12-29(21)15-4-5-15)9-18(26)22(20)28-7-6-14(11-28)27-10-13-2-1-3-16(8-13)30(34)35/h1-3,8-10,12,14-15H,4-7,11H2,(H,32,33)/t14-/m0/s1. The van der Waals surface area contributed by atoms with Gasteiger partial charge in [0.2, 0.25) is 5.43 Å². The Labute approximate surface area is 208 Å². The highest BCUT2D eigenvalue weighted by Crippen LogP contribution is 2.43. The maximum atomic E-state index is 15.3. The third-order valence-electron chi connectivity index (χ3n) is 6.28. The van der Waals surface area contributed by atoms with Crippen LogP contribution in [0.15, 0.2) is 46.3 Å². The number of nitrogens with zero attached hydrogens (tertiary/aromatic N) is 4. The van der Waals surface area contributed by atoms with Crippen molar-refractivity contribution in [1.29, 1.82) is 0 Å². The van der Waals surface area contributed by atoms with Gasteiger partial charge in [-0.2, -0.15) is 0 Å². The third-order valence-corrected chi connectivity index (χ3v) is 6.64. The molecule has 12 heteroatoms. The van der Waals surface area contributed by atoms with Gasteiger partial charge in [0.1, 0.15) is 5.82 Å². The lowest BCUT2D eigenvalue weighted by atomic mass is 10.1. The van der Waals surface area contributed by atoms with Crippen molar-refractivity contribution in [2.45, 2.75) is 31.3 Å². The molecular weight excluding hydrogens is 495 g/mol. The van der Waals surface area contributed by atoms with Crippen molar-refractivity contribution in [2.24, 2.45) is 4.99 Å². The van der Waals surface area contributed by atoms with E-state index in [1.165, 1.54) is 18.3 Å². The van der Waals surface area contributed by atoms with Crippen molar-refractivity contribution in [1.82, 2.24) is 4.57 Å². The number of non-ortho nitro benzene ring substituents is 1. The van der Waals surface area contributed by atoms with Crippen LogP contribution in [0.3, 0.4) is 0 Å². The number of ether oxygens (including phenoxy) is 1. The summed E-state index contributed by atoms with van der Waals surface area (Å²) in [5.74, 6) is -1.11. The monoisotopic (exact) mass is 514 g/mol. The summed E-state index contributed by atoms with van der Waals surface area (Å²) < 4.78 is 21.6. The molecule has 1 N–H and O–H groups in total. The number of carboxylic acid groups (broad SMARTS) is 1. The van der Waals surface area contributed by atoms with Crippen LogP contribution < -0.4 is 15.1 Å². The summed E-state index contributed by atoms with van der Waals surface area (Å²) in [4.78, 5) is 40.6. The zero-order chi connectivity index (χ0) is 25.6. The fourth-order valence-electron chi connectivity index (χ4n) is 4.48. The molecule has 1 saturated carbocycles. The Hall–Kier alpha value is -3.99. The summed E-state index contributed by atoms with van der Waals surface area (Å²) in [7, 11) is 0. The number of anilines is 1. The Balaban J connectivity index is 1.47. The molecule has 2 aliphatic rings. The van der Waals surface area contributed by atoms with E-state index in [2.05, 4.69) is 9.73 Å². The molecule has 2 aromatic carbocycles. The smallest absolute Gasteiger partial charge is 0.449 e. The predicted octanol–water partition coefficient (Wildman–Crippen LogP) is 4.79. The van der Waals surface area contributed by atoms with Crippen LogP contribution in [0.5, 0.6) is 5.75 Å². The van der Waals surface area contributed by atoms with Crippen molar-refractivity contribution >= 4 is 46.2 Å². The number of benzene rings is 2. The minimum atomic E-state index is -1.63. The molecule has 0 radical (unpaired) electrons. The Morgan fingerprint density at radius 2 is 2.08 bits per heavy atom. The number of nitro benzene ring substituents is 1. The summed E-state index contributed by atoms with van der Waals surface area (Å²) >= 11 is 6.70. The van der Waals surface area contributed by atoms with E-state index < -0.39 is 28.1 Å². The first kappa shape index (κ1) is 23.7. The lowest BCUT2D eigenvalue weighted by Gasteiger charge is -2.23. The zero-order valence-corrected chi connectivity index (χ0v) is 19.5. The molecule has 0 unspecified atom stereocenters. The fourth-order valence-corrected chi connectivity index (χ4v) is 4.89. The Morgan fingerprint density at radius 1 is 1.31 bits per heavy atom. The summed E-state index contributed by atoms with van der Waals surface area (Å²) in [5, 5.41) is 20.0. The zero-order valence-electron chi connectivity index (χ0n) is 18.8. The van der Waals surface area contributed by atoms with Gasteiger partial charge >= 0.3 is 6.16 Å². The number of rotatable bonds is 6. The second-order valence-corrected chi connectivity index (χ2v) is 9.14. The normalized spacial score (nSPS) is 17.7. The highest BCUT2D eigenvalue weighted by Gasteiger charge is 2.32. The molecule has 1 aliphatic heterocycles. The molecule has 0 amide bonds. The number of carbonyl (C=O) groups is 1. The number of fused-ring (bicyclic) bond motifs is 1. The van der Waals surface area contributed by atoms with Crippen molar-refractivity contribution in [2.75, 3.05) is 18.0 Å². The van der Waals surface area contributed by atoms with Crippen LogP contribution in [0.1, 0.15) is 30.9 Å². The summed E-state index contributed by atoms with van der Waals surface area (Å²) in [6, 6.07) is 7.01. The van der Waals surface area contributed by atoms with E-state index in [1.807, 2.05) is 0 Å². The van der Waals surface area contributed by atoms with E-state index in [0.29, 0.717) is 30.6 Å². The Morgan fingerprint density at radius 3 is 2.78 bits per heavy atom. The van der Waals surface area contributed by atoms with E-state index in [-0.39, 0.29) is 33.9 Å². The number of nitro groups is 1. The lowest BCUT2D eigenvalue weighted by Crippen LogP contribution is -2.23. The van der Waals surface area contributed by atoms with E-state index >= 15 is 4.39 Å². The lowest BCUT2D eigenvalue weighted by molar-refractivity contribution is -0.384. The molecule has 1 aliphatic carbocycles. The summed E-state index contributed by atoms with van der Waals surface area (Å²) in [6.07, 6.45) is 3.48. The predicted molar refractivity (Wildman–Crippen MR) is 131 cm³/mol. The number of halogens is 2. The highest BCUT2D eigenvalue weighted by molar-refractivity contribution is 6.38. The molecule has 0 spiro atoms. The molecular formula is C24H20ClFN4O6. The molecule has 10 nitrogen and oxygen atoms in total. The van der Waals surface area contributed by atoms with Crippen LogP contribution in [-0.4, -0.2) is 46.1 Å². The number of hydrogen-bond donors (Lipinski definition) is 1. The molecule has 3 aromatic rings. The number of aromatic nitrogens is 1. The van der Waals surface area contributed by atoms with E-state index in [1.54, 1.807) is 27.8 Å². The van der Waals surface area contributed by atoms with Crippen molar-refractivity contribution in [3.63, 3.8) is 0 Å². The number of aliphatic imine (C=N–C) groups is 1. The van der Waals surface area contributed by atoms with Crippen molar-refractivity contribution in [3.05, 3.63) is 73.3 Å². The molecule has 36 heavy (non-hydrogen) atoms. The molecule has 2 heterocycles. The van der Waals surface area contributed by atoms with E-state index in [9.17, 15) is 19.7 Å². The van der Waals surface area contributed by atoms with E-state index in [4.69, 9.17) is 16.7 Å². The first-order valence-electron chi connectivity index (χ1n) is 11.2. The van der Waals surface area contributed by atoms with Gasteiger partial charge in [0.05, 0.1) is 38.8 Å². The molecule has 1 aromatic heterocycles. The average molecular weight is 515 g/mol. The van der Waals surface area contributed by atoms with Gasteiger partial charge < -0.3 is 19.3 Å². The van der Waals surface area contributed by atoms with Gasteiger partial charge in [0.25, 0.3) is 5.69 Å². The van der Waals surface area contributed by atoms with Gasteiger partial charge in [-0.15, -0.1) is 0 Å². The molecule has 2 fully saturated rings. The highest BCUT2D eigenvalue weighted by atomic mass is 35.5. The van der Waals surface area contributed by atoms with Crippen LogP contribution in [0, 0.1) is 15.9 Å². The second kappa shape index (κ2) is 9.23. The Bertz CT molecular complexity index is 1490. The van der Waals surface area contributed by atoms with Gasteiger partial charge in [-0.25, -0.2) is 9.18 Å². The van der Waals surface area contributed by atoms with E-state index in [0.717, 1.165) is 18.9 Å². The first-order valence-corrected chi connectivity index (χ1v) is 11.6. The van der Waals surface area contributed by atoms with Crippen molar-refractivity contribution < 1.29 is 24.0 Å². The van der Waals surface area contributed by atoms with Crippen LogP contribution in [0.4, 0.5) is 20.6 Å². The molecule has 1 atom stereocenters. The largest absolute Gasteiger partial charge is 0.511 e. The third kappa shape index (κ3) is 4.49. The van der Waals surface area contributed by atoms with Gasteiger partial charge in [0, 0.05) is 37.5 Å². The number of hydrogen-bond acceptors (Lipinski definition) is 7. The fraction of sp³-hybridized carbons (Fsp3) is 0.292. The van der Waals surface area contributed by atoms with Gasteiger partial charge in [-0.1, -0.05) is 23.7 Å². The second-order valence-electron chi connectivity index (χ2n) is 8.76. The summed E-state index contributed by atoms with van der Waals surface area (Å²) in [5.41, 5.74) is 0.290. The van der Waals surface area contributed by atoms with Crippen molar-refractivity contribution in [3.8, 4) is 5.75 Å². The quantitative estimate of drug-likeness (QED) is 0.217. The molecule has 1 saturated heterocycles. The van der Waals surface area contributed by atoms with Crippen LogP contribution >= 0.6 is 11.6 Å². The number of pyridine rings is 1. The van der Waals surface area contributed by atoms with Gasteiger partial charge in [-0.3, -0.25) is 19.9 Å². The minimum absolute atomic E-state index is 0.00547. The Kier molecular flexibility index (Phi) is 6.09. The topological polar surface area (TPSA) is 127 Å².